The van der Waals surface area contributed by atoms with Crippen molar-refractivity contribution in [3.05, 3.63) is 35.1 Å². The molecule has 1 fully saturated rings. The van der Waals surface area contributed by atoms with Crippen LogP contribution in [-0.4, -0.2) is 31.1 Å². The SMILES string of the molecule is CC(C)C[C@H](c1ccc(F)cc1C(F)(F)F)N1CCNCC1.Cl. The van der Waals surface area contributed by atoms with Crippen LogP contribution in [0.25, 0.3) is 0 Å². The Hall–Kier alpha value is -0.850. The van der Waals surface area contributed by atoms with E-state index in [4.69, 9.17) is 0 Å². The average Bonchev–Trinajstić information content (AvgIpc) is 2.45. The number of halogens is 5. The van der Waals surface area contributed by atoms with Crippen LogP contribution in [0.1, 0.15) is 37.4 Å². The first-order chi connectivity index (χ1) is 10.3. The topological polar surface area (TPSA) is 15.3 Å². The molecule has 1 saturated heterocycles. The molecule has 2 rings (SSSR count). The summed E-state index contributed by atoms with van der Waals surface area (Å²) in [4.78, 5) is 2.07. The fourth-order valence-electron chi connectivity index (χ4n) is 2.98. The zero-order valence-corrected chi connectivity index (χ0v) is 14.1. The molecule has 0 aromatic heterocycles. The van der Waals surface area contributed by atoms with E-state index in [1.807, 2.05) is 13.8 Å². The summed E-state index contributed by atoms with van der Waals surface area (Å²) >= 11 is 0. The predicted octanol–water partition coefficient (Wildman–Crippen LogP) is 4.26. The molecule has 1 atom stereocenters. The van der Waals surface area contributed by atoms with Gasteiger partial charge in [-0.3, -0.25) is 4.90 Å². The van der Waals surface area contributed by atoms with Crippen LogP contribution in [0.15, 0.2) is 18.2 Å². The molecule has 1 aliphatic heterocycles. The van der Waals surface area contributed by atoms with E-state index in [2.05, 4.69) is 10.2 Å². The lowest BCUT2D eigenvalue weighted by Crippen LogP contribution is -2.45. The molecule has 23 heavy (non-hydrogen) atoms. The summed E-state index contributed by atoms with van der Waals surface area (Å²) in [6.45, 7) is 6.91. The monoisotopic (exact) mass is 354 g/mol. The van der Waals surface area contributed by atoms with Gasteiger partial charge < -0.3 is 5.32 Å². The molecule has 7 heteroatoms. The molecule has 0 amide bonds. The Labute approximate surface area is 140 Å². The van der Waals surface area contributed by atoms with E-state index in [-0.39, 0.29) is 29.9 Å². The third-order valence-corrected chi connectivity index (χ3v) is 3.97. The van der Waals surface area contributed by atoms with Gasteiger partial charge in [-0.1, -0.05) is 19.9 Å². The molecular weight excluding hydrogens is 332 g/mol. The number of nitrogens with one attached hydrogen (secondary N) is 1. The van der Waals surface area contributed by atoms with Crippen LogP contribution in [0.4, 0.5) is 17.6 Å². The molecule has 0 unspecified atom stereocenters. The van der Waals surface area contributed by atoms with Crippen molar-refractivity contribution in [3.8, 4) is 0 Å². The van der Waals surface area contributed by atoms with Crippen LogP contribution in [-0.2, 0) is 6.18 Å². The van der Waals surface area contributed by atoms with Crippen molar-refractivity contribution in [1.29, 1.82) is 0 Å². The van der Waals surface area contributed by atoms with Gasteiger partial charge in [0.15, 0.2) is 0 Å². The van der Waals surface area contributed by atoms with Crippen LogP contribution in [0, 0.1) is 11.7 Å². The summed E-state index contributed by atoms with van der Waals surface area (Å²) in [5, 5.41) is 3.20. The van der Waals surface area contributed by atoms with Crippen LogP contribution >= 0.6 is 12.4 Å². The molecule has 1 aromatic rings. The molecule has 1 heterocycles. The first kappa shape index (κ1) is 20.2. The number of hydrogen-bond acceptors (Lipinski definition) is 2. The van der Waals surface area contributed by atoms with Crippen LogP contribution < -0.4 is 5.32 Å². The van der Waals surface area contributed by atoms with E-state index in [1.54, 1.807) is 0 Å². The Bertz CT molecular complexity index is 499. The zero-order chi connectivity index (χ0) is 16.3. The molecule has 0 spiro atoms. The van der Waals surface area contributed by atoms with E-state index in [9.17, 15) is 17.6 Å². The number of hydrogen-bond donors (Lipinski definition) is 1. The first-order valence-corrected chi connectivity index (χ1v) is 7.60. The van der Waals surface area contributed by atoms with Crippen molar-refractivity contribution in [1.82, 2.24) is 10.2 Å². The minimum Gasteiger partial charge on any atom is -0.314 e. The van der Waals surface area contributed by atoms with Gasteiger partial charge >= 0.3 is 6.18 Å². The molecule has 1 aromatic carbocycles. The second-order valence-electron chi connectivity index (χ2n) is 6.16. The van der Waals surface area contributed by atoms with Gasteiger partial charge in [0.2, 0.25) is 0 Å². The Morgan fingerprint density at radius 2 is 1.78 bits per heavy atom. The maximum atomic E-state index is 13.3. The van der Waals surface area contributed by atoms with E-state index in [0.29, 0.717) is 25.6 Å². The van der Waals surface area contributed by atoms with Gasteiger partial charge in [0.1, 0.15) is 5.82 Å². The van der Waals surface area contributed by atoms with E-state index >= 15 is 0 Å². The van der Waals surface area contributed by atoms with Crippen molar-refractivity contribution in [2.24, 2.45) is 5.92 Å². The molecule has 1 N–H and O–H groups in total. The molecule has 0 radical (unpaired) electrons. The number of alkyl halides is 3. The third kappa shape index (κ3) is 5.33. The van der Waals surface area contributed by atoms with Gasteiger partial charge in [0.25, 0.3) is 0 Å². The van der Waals surface area contributed by atoms with Gasteiger partial charge in [-0.05, 0) is 30.0 Å². The second-order valence-corrected chi connectivity index (χ2v) is 6.16. The van der Waals surface area contributed by atoms with Gasteiger partial charge in [-0.25, -0.2) is 4.39 Å². The molecule has 132 valence electrons. The van der Waals surface area contributed by atoms with E-state index in [1.165, 1.54) is 6.07 Å². The summed E-state index contributed by atoms with van der Waals surface area (Å²) < 4.78 is 53.2. The zero-order valence-electron chi connectivity index (χ0n) is 13.3. The highest BCUT2D eigenvalue weighted by molar-refractivity contribution is 5.85. The molecule has 2 nitrogen and oxygen atoms in total. The van der Waals surface area contributed by atoms with Gasteiger partial charge in [-0.2, -0.15) is 13.2 Å². The number of benzene rings is 1. The molecule has 0 saturated carbocycles. The third-order valence-electron chi connectivity index (χ3n) is 3.97. The Kier molecular flexibility index (Phi) is 7.29. The van der Waals surface area contributed by atoms with Crippen molar-refractivity contribution in [2.75, 3.05) is 26.2 Å². The molecule has 1 aliphatic rings. The average molecular weight is 355 g/mol. The maximum absolute atomic E-state index is 13.3. The lowest BCUT2D eigenvalue weighted by molar-refractivity contribution is -0.139. The van der Waals surface area contributed by atoms with Crippen molar-refractivity contribution >= 4 is 12.4 Å². The summed E-state index contributed by atoms with van der Waals surface area (Å²) in [6.07, 6.45) is -3.92. The lowest BCUT2D eigenvalue weighted by atomic mass is 9.91. The smallest absolute Gasteiger partial charge is 0.314 e. The highest BCUT2D eigenvalue weighted by Gasteiger charge is 2.37. The second kappa shape index (κ2) is 8.31. The summed E-state index contributed by atoms with van der Waals surface area (Å²) in [5.41, 5.74) is -0.666. The highest BCUT2D eigenvalue weighted by Crippen LogP contribution is 2.39. The molecular formula is C16H23ClF4N2. The van der Waals surface area contributed by atoms with Crippen LogP contribution in [0.2, 0.25) is 0 Å². The van der Waals surface area contributed by atoms with Gasteiger partial charge in [0.05, 0.1) is 5.56 Å². The minimum atomic E-state index is -4.54. The standard InChI is InChI=1S/C16H22F4N2.ClH/c1-11(2)9-15(22-7-5-21-6-8-22)13-4-3-12(17)10-14(13)16(18,19)20;/h3-4,10-11,15,21H,5-9H2,1-2H3;1H/t15-;/m1./s1. The van der Waals surface area contributed by atoms with Crippen molar-refractivity contribution in [3.63, 3.8) is 0 Å². The molecule has 0 bridgehead atoms. The summed E-state index contributed by atoms with van der Waals surface area (Å²) in [6, 6.07) is 2.71. The van der Waals surface area contributed by atoms with E-state index < -0.39 is 17.6 Å². The maximum Gasteiger partial charge on any atom is 0.416 e. The minimum absolute atomic E-state index is 0. The Balaban J connectivity index is 0.00000264. The molecule has 0 aliphatic carbocycles. The van der Waals surface area contributed by atoms with Crippen LogP contribution in [0.3, 0.4) is 0 Å². The highest BCUT2D eigenvalue weighted by atomic mass is 35.5. The van der Waals surface area contributed by atoms with Crippen molar-refractivity contribution in [2.45, 2.75) is 32.5 Å². The fourth-order valence-corrected chi connectivity index (χ4v) is 2.98. The van der Waals surface area contributed by atoms with E-state index in [0.717, 1.165) is 19.2 Å². The lowest BCUT2D eigenvalue weighted by Gasteiger charge is -2.37. The Morgan fingerprint density at radius 3 is 2.30 bits per heavy atom. The first-order valence-electron chi connectivity index (χ1n) is 7.60. The van der Waals surface area contributed by atoms with Crippen LogP contribution in [0.5, 0.6) is 0 Å². The normalized spacial score (nSPS) is 17.9. The largest absolute Gasteiger partial charge is 0.416 e. The summed E-state index contributed by atoms with van der Waals surface area (Å²) in [5.74, 6) is -0.592. The Morgan fingerprint density at radius 1 is 1.17 bits per heavy atom. The van der Waals surface area contributed by atoms with Gasteiger partial charge in [-0.15, -0.1) is 12.4 Å². The number of nitrogens with zero attached hydrogens (tertiary/aromatic N) is 1. The predicted molar refractivity (Wildman–Crippen MR) is 85.3 cm³/mol. The van der Waals surface area contributed by atoms with Crippen molar-refractivity contribution < 1.29 is 17.6 Å². The quantitative estimate of drug-likeness (QED) is 0.813. The number of rotatable bonds is 4. The fraction of sp³-hybridized carbons (Fsp3) is 0.625. The number of piperazine rings is 1. The summed E-state index contributed by atoms with van der Waals surface area (Å²) in [7, 11) is 0. The van der Waals surface area contributed by atoms with Gasteiger partial charge in [0, 0.05) is 32.2 Å².